The van der Waals surface area contributed by atoms with E-state index in [-0.39, 0.29) is 12.2 Å². The molecule has 238 valence electrons. The summed E-state index contributed by atoms with van der Waals surface area (Å²) in [5, 5.41) is 20.4. The highest BCUT2D eigenvalue weighted by atomic mass is 127. The summed E-state index contributed by atoms with van der Waals surface area (Å²) in [5.74, 6) is 0.478. The number of urea groups is 1. The summed E-state index contributed by atoms with van der Waals surface area (Å²) in [5.41, 5.74) is 5.37. The van der Waals surface area contributed by atoms with Crippen LogP contribution in [0.15, 0.2) is 71.0 Å². The highest BCUT2D eigenvalue weighted by Crippen LogP contribution is 2.36. The molecule has 1 heterocycles. The molecule has 0 fully saturated rings. The predicted octanol–water partition coefficient (Wildman–Crippen LogP) is 5.70. The number of esters is 1. The Morgan fingerprint density at radius 1 is 1.09 bits per heavy atom. The van der Waals surface area contributed by atoms with Gasteiger partial charge in [-0.15, -0.1) is 0 Å². The molecule has 0 saturated heterocycles. The molecule has 4 N–H and O–H groups in total. The summed E-state index contributed by atoms with van der Waals surface area (Å²) in [6, 6.07) is 14.9. The molecule has 11 nitrogen and oxygen atoms in total. The number of hydrazone groups is 1. The lowest BCUT2D eigenvalue weighted by Gasteiger charge is -2.28. The molecular weight excluding hydrogens is 738 g/mol. The summed E-state index contributed by atoms with van der Waals surface area (Å²) >= 11 is 15.1. The van der Waals surface area contributed by atoms with Gasteiger partial charge in [-0.1, -0.05) is 41.4 Å². The largest absolute Gasteiger partial charge is 0.490 e. The van der Waals surface area contributed by atoms with Crippen LogP contribution in [0.3, 0.4) is 0 Å². The number of benzene rings is 3. The third-order valence-corrected chi connectivity index (χ3v) is 7.71. The summed E-state index contributed by atoms with van der Waals surface area (Å²) in [6.07, 6.45) is 0.268. The molecule has 1 aliphatic heterocycles. The van der Waals surface area contributed by atoms with Gasteiger partial charge >= 0.3 is 12.0 Å². The number of nitrogens with one attached hydrogen (secondary N) is 3. The molecular formula is C31H31Cl2IN4O7. The van der Waals surface area contributed by atoms with E-state index in [2.05, 4.69) is 43.8 Å². The quantitative estimate of drug-likeness (QED) is 0.0572. The smallest absolute Gasteiger partial charge is 0.337 e. The van der Waals surface area contributed by atoms with E-state index in [1.165, 1.54) is 13.3 Å². The Balaban J connectivity index is 1.37. The second-order valence-corrected chi connectivity index (χ2v) is 11.7. The Labute approximate surface area is 284 Å². The number of ether oxygens (including phenoxy) is 4. The van der Waals surface area contributed by atoms with Crippen LogP contribution in [0, 0.1) is 3.57 Å². The molecule has 3 aromatic rings. The van der Waals surface area contributed by atoms with E-state index < -0.39 is 24.3 Å². The SMILES string of the molecule is CCOc1cc([C@H]2NC(=O)NC(C)=C2C(=O)OC)ccc1OC[C@H](O)N/N=C\c1cc(Cl)c(OCc2ccc(I)cc2)c(Cl)c1. The molecule has 14 heteroatoms. The number of hydrogen-bond acceptors (Lipinski definition) is 9. The number of carbonyl (C=O) groups excluding carboxylic acids is 2. The molecule has 0 unspecified atom stereocenters. The van der Waals surface area contributed by atoms with Crippen molar-refractivity contribution in [1.29, 1.82) is 0 Å². The number of aliphatic hydroxyl groups is 1. The van der Waals surface area contributed by atoms with Gasteiger partial charge in [0.15, 0.2) is 23.5 Å². The van der Waals surface area contributed by atoms with Gasteiger partial charge in [0.1, 0.15) is 13.2 Å². The Morgan fingerprint density at radius 3 is 2.47 bits per heavy atom. The Kier molecular flexibility index (Phi) is 12.2. The molecule has 0 spiro atoms. The zero-order valence-electron chi connectivity index (χ0n) is 24.5. The summed E-state index contributed by atoms with van der Waals surface area (Å²) in [7, 11) is 1.27. The number of hydrogen-bond donors (Lipinski definition) is 4. The van der Waals surface area contributed by atoms with E-state index in [4.69, 9.17) is 42.1 Å². The van der Waals surface area contributed by atoms with E-state index >= 15 is 0 Å². The number of allylic oxidation sites excluding steroid dienone is 1. The number of nitrogens with zero attached hydrogens (tertiary/aromatic N) is 1. The minimum atomic E-state index is -1.18. The second kappa shape index (κ2) is 16.0. The highest BCUT2D eigenvalue weighted by molar-refractivity contribution is 14.1. The lowest BCUT2D eigenvalue weighted by molar-refractivity contribution is -0.136. The van der Waals surface area contributed by atoms with E-state index in [1.807, 2.05) is 24.3 Å². The first-order valence-electron chi connectivity index (χ1n) is 13.7. The van der Waals surface area contributed by atoms with Crippen molar-refractivity contribution in [2.24, 2.45) is 5.10 Å². The van der Waals surface area contributed by atoms with Crippen LogP contribution in [0.1, 0.15) is 36.6 Å². The molecule has 0 radical (unpaired) electrons. The first-order chi connectivity index (χ1) is 21.6. The molecule has 0 aromatic heterocycles. The van der Waals surface area contributed by atoms with Crippen molar-refractivity contribution in [3.05, 3.63) is 96.2 Å². The molecule has 1 aliphatic rings. The summed E-state index contributed by atoms with van der Waals surface area (Å²) in [6.45, 7) is 3.88. The Hall–Kier alpha value is -3.72. The van der Waals surface area contributed by atoms with Crippen molar-refractivity contribution in [1.82, 2.24) is 16.1 Å². The van der Waals surface area contributed by atoms with Crippen molar-refractivity contribution in [2.45, 2.75) is 32.7 Å². The zero-order valence-corrected chi connectivity index (χ0v) is 28.2. The topological polar surface area (TPSA) is 140 Å². The van der Waals surface area contributed by atoms with Gasteiger partial charge in [0.2, 0.25) is 0 Å². The Bertz CT molecular complexity index is 1580. The third-order valence-electron chi connectivity index (χ3n) is 6.43. The van der Waals surface area contributed by atoms with Gasteiger partial charge in [-0.05, 0) is 89.5 Å². The van der Waals surface area contributed by atoms with Gasteiger partial charge in [-0.2, -0.15) is 5.10 Å². The van der Waals surface area contributed by atoms with Gasteiger partial charge in [-0.25, -0.2) is 9.59 Å². The van der Waals surface area contributed by atoms with Crippen LogP contribution in [0.5, 0.6) is 17.2 Å². The highest BCUT2D eigenvalue weighted by Gasteiger charge is 2.32. The van der Waals surface area contributed by atoms with E-state index in [0.29, 0.717) is 57.3 Å². The fourth-order valence-electron chi connectivity index (χ4n) is 4.35. The van der Waals surface area contributed by atoms with Crippen LogP contribution in [0.25, 0.3) is 0 Å². The average molecular weight is 769 g/mol. The van der Waals surface area contributed by atoms with Crippen LogP contribution in [0.2, 0.25) is 10.0 Å². The van der Waals surface area contributed by atoms with Gasteiger partial charge in [0.05, 0.1) is 41.6 Å². The zero-order chi connectivity index (χ0) is 32.5. The monoisotopic (exact) mass is 768 g/mol. The minimum Gasteiger partial charge on any atom is -0.490 e. The minimum absolute atomic E-state index is 0.180. The number of carbonyl (C=O) groups is 2. The van der Waals surface area contributed by atoms with Crippen molar-refractivity contribution in [3.63, 3.8) is 0 Å². The van der Waals surface area contributed by atoms with Gasteiger partial charge in [0.25, 0.3) is 0 Å². The maximum atomic E-state index is 12.4. The van der Waals surface area contributed by atoms with Crippen molar-refractivity contribution >= 4 is 64.0 Å². The van der Waals surface area contributed by atoms with Crippen molar-refractivity contribution in [2.75, 3.05) is 20.3 Å². The number of halogens is 3. The summed E-state index contributed by atoms with van der Waals surface area (Å²) in [4.78, 5) is 24.6. The predicted molar refractivity (Wildman–Crippen MR) is 179 cm³/mol. The van der Waals surface area contributed by atoms with Crippen LogP contribution in [-0.2, 0) is 16.1 Å². The molecule has 4 rings (SSSR count). The fraction of sp³-hybridized carbons (Fsp3) is 0.258. The van der Waals surface area contributed by atoms with Crippen LogP contribution >= 0.6 is 45.8 Å². The van der Waals surface area contributed by atoms with Crippen molar-refractivity contribution in [3.8, 4) is 17.2 Å². The molecule has 0 aliphatic carbocycles. The molecule has 0 saturated carbocycles. The molecule has 3 aromatic carbocycles. The standard InChI is InChI=1S/C31H31Cl2IN4O7/c1-4-43-25-13-20(28-27(30(40)42-3)17(2)36-31(41)37-28)7-10-24(25)44-16-26(39)38-35-14-19-11-22(32)29(23(33)12-19)45-15-18-5-8-21(34)9-6-18/h5-14,26,28,38-39H,4,15-16H2,1-3H3,(H2,36,37,41)/b35-14-/t26-,28+/m0/s1. The lowest BCUT2D eigenvalue weighted by atomic mass is 9.95. The Morgan fingerprint density at radius 2 is 1.80 bits per heavy atom. The van der Waals surface area contributed by atoms with Gasteiger partial charge in [0, 0.05) is 9.27 Å². The third kappa shape index (κ3) is 9.16. The lowest BCUT2D eigenvalue weighted by Crippen LogP contribution is -2.45. The fourth-order valence-corrected chi connectivity index (χ4v) is 5.32. The maximum absolute atomic E-state index is 12.4. The molecule has 45 heavy (non-hydrogen) atoms. The molecule has 0 bridgehead atoms. The van der Waals surface area contributed by atoms with Crippen LogP contribution < -0.4 is 30.3 Å². The van der Waals surface area contributed by atoms with Crippen LogP contribution in [-0.4, -0.2) is 49.9 Å². The van der Waals surface area contributed by atoms with Crippen molar-refractivity contribution < 1.29 is 33.6 Å². The van der Waals surface area contributed by atoms with E-state index in [9.17, 15) is 14.7 Å². The van der Waals surface area contributed by atoms with Crippen LogP contribution in [0.4, 0.5) is 4.79 Å². The molecule has 2 amide bonds. The van der Waals surface area contributed by atoms with Gasteiger partial charge < -0.3 is 34.7 Å². The maximum Gasteiger partial charge on any atom is 0.337 e. The number of rotatable bonds is 13. The normalized spacial score (nSPS) is 15.3. The first-order valence-corrected chi connectivity index (χ1v) is 15.5. The van der Waals surface area contributed by atoms with E-state index in [1.54, 1.807) is 44.2 Å². The number of aliphatic hydroxyl groups excluding tert-OH is 1. The number of amides is 2. The average Bonchev–Trinajstić information content (AvgIpc) is 3.00. The second-order valence-electron chi connectivity index (χ2n) is 9.64. The summed E-state index contributed by atoms with van der Waals surface area (Å²) < 4.78 is 23.4. The first kappa shape index (κ1) is 34.2. The molecule has 2 atom stereocenters. The number of methoxy groups -OCH3 is 1. The van der Waals surface area contributed by atoms with E-state index in [0.717, 1.165) is 9.13 Å². The van der Waals surface area contributed by atoms with Gasteiger partial charge in [-0.3, -0.25) is 5.43 Å².